The molecule has 1 unspecified atom stereocenters. The van der Waals surface area contributed by atoms with Gasteiger partial charge >= 0.3 is 0 Å². The highest BCUT2D eigenvalue weighted by Crippen LogP contribution is 2.07. The summed E-state index contributed by atoms with van der Waals surface area (Å²) >= 11 is 0. The van der Waals surface area contributed by atoms with E-state index in [1.807, 2.05) is 26.0 Å². The second-order valence-corrected chi connectivity index (χ2v) is 3.13. The van der Waals surface area contributed by atoms with Crippen LogP contribution in [0.3, 0.4) is 0 Å². The van der Waals surface area contributed by atoms with Gasteiger partial charge in [-0.1, -0.05) is 21.2 Å². The van der Waals surface area contributed by atoms with Crippen LogP contribution in [0.2, 0.25) is 0 Å². The highest BCUT2D eigenvalue weighted by Gasteiger charge is 1.86. The average molecular weight is 169 g/mol. The molecule has 0 amide bonds. The van der Waals surface area contributed by atoms with E-state index in [1.165, 1.54) is 5.70 Å². The van der Waals surface area contributed by atoms with Gasteiger partial charge in [0, 0.05) is 11.4 Å². The molecule has 0 aliphatic heterocycles. The van der Waals surface area contributed by atoms with Crippen LogP contribution in [0, 0.1) is 0 Å². The molecule has 0 aromatic heterocycles. The minimum absolute atomic E-state index is 0.850. The fraction of sp³-hybridized carbons (Fsp3) is 0.333. The predicted molar refractivity (Wildman–Crippen MR) is 55.1 cm³/mol. The van der Waals surface area contributed by atoms with Crippen LogP contribution in [0.4, 0.5) is 0 Å². The van der Waals surface area contributed by atoms with Gasteiger partial charge < -0.3 is 5.32 Å². The maximum absolute atomic E-state index is 3.83. The Morgan fingerprint density at radius 1 is 1.55 bits per heavy atom. The highest BCUT2D eigenvalue weighted by atomic mass is 31.1. The van der Waals surface area contributed by atoms with E-state index in [2.05, 4.69) is 24.4 Å². The lowest BCUT2D eigenvalue weighted by atomic mass is 10.4. The molecule has 0 radical (unpaired) electrons. The second-order valence-electron chi connectivity index (χ2n) is 2.27. The summed E-state index contributed by atoms with van der Waals surface area (Å²) < 4.78 is 0. The molecule has 1 atom stereocenters. The van der Waals surface area contributed by atoms with E-state index in [1.54, 1.807) is 0 Å². The van der Waals surface area contributed by atoms with Gasteiger partial charge in [0.1, 0.15) is 0 Å². The monoisotopic (exact) mass is 169 g/mol. The van der Waals surface area contributed by atoms with Crippen LogP contribution < -0.4 is 5.32 Å². The van der Waals surface area contributed by atoms with Crippen molar-refractivity contribution in [2.75, 3.05) is 6.66 Å². The van der Waals surface area contributed by atoms with Crippen LogP contribution in [0.25, 0.3) is 0 Å². The normalized spacial score (nSPS) is 13.2. The van der Waals surface area contributed by atoms with E-state index >= 15 is 0 Å². The summed E-state index contributed by atoms with van der Waals surface area (Å²) in [6.45, 7) is 10.00. The molecule has 0 rings (SSSR count). The summed E-state index contributed by atoms with van der Waals surface area (Å²) in [4.78, 5) is 0. The molecule has 1 nitrogen and oxygen atoms in total. The van der Waals surface area contributed by atoms with Gasteiger partial charge in [0.25, 0.3) is 0 Å². The number of nitrogens with one attached hydrogen (secondary N) is 1. The van der Waals surface area contributed by atoms with Crippen molar-refractivity contribution in [3.05, 3.63) is 35.9 Å². The molecule has 0 bridgehead atoms. The summed E-state index contributed by atoms with van der Waals surface area (Å²) in [5.74, 6) is 2.16. The Morgan fingerprint density at radius 2 is 2.18 bits per heavy atom. The maximum atomic E-state index is 3.83. The van der Waals surface area contributed by atoms with Crippen LogP contribution in [-0.4, -0.2) is 6.66 Å². The third-order valence-corrected chi connectivity index (χ3v) is 1.81. The molecule has 0 aromatic carbocycles. The Kier molecular flexibility index (Phi) is 5.87. The third-order valence-electron chi connectivity index (χ3n) is 1.09. The standard InChI is InChI=1S/C9H16NP/c1-5-6-8(2)10-9(3)7-11-4/h5-7,10-11H,2H2,1,3-4H3/b6-5-,9-7+. The van der Waals surface area contributed by atoms with Gasteiger partial charge in [-0.05, 0) is 32.4 Å². The Labute approximate surface area is 71.1 Å². The molecule has 1 N–H and O–H groups in total. The van der Waals surface area contributed by atoms with Crippen molar-refractivity contribution < 1.29 is 0 Å². The Bertz CT molecular complexity index is 180. The molecular formula is C9H16NP. The minimum Gasteiger partial charge on any atom is -0.360 e. The van der Waals surface area contributed by atoms with Gasteiger partial charge in [-0.15, -0.1) is 0 Å². The largest absolute Gasteiger partial charge is 0.360 e. The summed E-state index contributed by atoms with van der Waals surface area (Å²) in [7, 11) is 0.850. The molecule has 0 heterocycles. The lowest BCUT2D eigenvalue weighted by molar-refractivity contribution is 1.01. The van der Waals surface area contributed by atoms with Crippen LogP contribution in [0.5, 0.6) is 0 Å². The molecule has 62 valence electrons. The molecular weight excluding hydrogens is 153 g/mol. The van der Waals surface area contributed by atoms with Crippen LogP contribution >= 0.6 is 8.58 Å². The molecule has 0 spiro atoms. The first kappa shape index (κ1) is 10.4. The summed E-state index contributed by atoms with van der Waals surface area (Å²) in [6, 6.07) is 0. The van der Waals surface area contributed by atoms with Gasteiger partial charge in [-0.25, -0.2) is 0 Å². The quantitative estimate of drug-likeness (QED) is 0.504. The highest BCUT2D eigenvalue weighted by molar-refractivity contribution is 7.40. The number of hydrogen-bond donors (Lipinski definition) is 1. The van der Waals surface area contributed by atoms with E-state index in [9.17, 15) is 0 Å². The minimum atomic E-state index is 0.850. The maximum Gasteiger partial charge on any atom is 0.0305 e. The number of allylic oxidation sites excluding steroid dienone is 3. The number of rotatable bonds is 4. The van der Waals surface area contributed by atoms with Crippen molar-refractivity contribution >= 4 is 8.58 Å². The van der Waals surface area contributed by atoms with Crippen molar-refractivity contribution in [3.63, 3.8) is 0 Å². The molecule has 11 heavy (non-hydrogen) atoms. The smallest absolute Gasteiger partial charge is 0.0305 e. The Balaban J connectivity index is 3.85. The van der Waals surface area contributed by atoms with Gasteiger partial charge in [0.05, 0.1) is 0 Å². The van der Waals surface area contributed by atoms with Crippen molar-refractivity contribution in [2.45, 2.75) is 13.8 Å². The SMILES string of the molecule is C=C(/C=C\C)N/C(C)=C/PC. The van der Waals surface area contributed by atoms with Gasteiger partial charge in [-0.3, -0.25) is 0 Å². The lowest BCUT2D eigenvalue weighted by Crippen LogP contribution is -2.06. The number of hydrogen-bond acceptors (Lipinski definition) is 1. The van der Waals surface area contributed by atoms with Gasteiger partial charge in [0.15, 0.2) is 0 Å². The molecule has 0 aliphatic rings. The van der Waals surface area contributed by atoms with E-state index in [4.69, 9.17) is 0 Å². The van der Waals surface area contributed by atoms with Crippen LogP contribution in [0.1, 0.15) is 13.8 Å². The zero-order chi connectivity index (χ0) is 8.69. The summed E-state index contributed by atoms with van der Waals surface area (Å²) in [6.07, 6.45) is 3.92. The summed E-state index contributed by atoms with van der Waals surface area (Å²) in [5.41, 5.74) is 2.12. The lowest BCUT2D eigenvalue weighted by Gasteiger charge is -2.04. The summed E-state index contributed by atoms with van der Waals surface area (Å²) in [5, 5.41) is 3.17. The zero-order valence-corrected chi connectivity index (χ0v) is 8.44. The second kappa shape index (κ2) is 6.18. The van der Waals surface area contributed by atoms with Crippen molar-refractivity contribution in [1.29, 1.82) is 0 Å². The van der Waals surface area contributed by atoms with Crippen LogP contribution in [0.15, 0.2) is 35.9 Å². The molecule has 0 saturated carbocycles. The Hall–Kier alpha value is -0.550. The first-order chi connectivity index (χ1) is 5.20. The van der Waals surface area contributed by atoms with Crippen molar-refractivity contribution in [2.24, 2.45) is 0 Å². The van der Waals surface area contributed by atoms with Gasteiger partial charge in [0.2, 0.25) is 0 Å². The first-order valence-electron chi connectivity index (χ1n) is 3.63. The van der Waals surface area contributed by atoms with Crippen molar-refractivity contribution in [3.8, 4) is 0 Å². The average Bonchev–Trinajstić information content (AvgIpc) is 1.87. The predicted octanol–water partition coefficient (Wildman–Crippen LogP) is 2.84. The zero-order valence-electron chi connectivity index (χ0n) is 7.44. The molecule has 0 aromatic rings. The van der Waals surface area contributed by atoms with E-state index in [-0.39, 0.29) is 0 Å². The van der Waals surface area contributed by atoms with Gasteiger partial charge in [-0.2, -0.15) is 0 Å². The molecule has 2 heteroatoms. The van der Waals surface area contributed by atoms with E-state index < -0.39 is 0 Å². The molecule has 0 saturated heterocycles. The van der Waals surface area contributed by atoms with Crippen molar-refractivity contribution in [1.82, 2.24) is 5.32 Å². The van der Waals surface area contributed by atoms with E-state index in [0.717, 1.165) is 14.3 Å². The third kappa shape index (κ3) is 5.87. The molecule has 0 fully saturated rings. The molecule has 0 aliphatic carbocycles. The first-order valence-corrected chi connectivity index (χ1v) is 5.21. The topological polar surface area (TPSA) is 12.0 Å². The van der Waals surface area contributed by atoms with Crippen LogP contribution in [-0.2, 0) is 0 Å². The van der Waals surface area contributed by atoms with E-state index in [0.29, 0.717) is 0 Å². The Morgan fingerprint density at radius 3 is 2.64 bits per heavy atom. The fourth-order valence-corrected chi connectivity index (χ4v) is 1.25. The fourth-order valence-electron chi connectivity index (χ4n) is 0.749.